The minimum absolute atomic E-state index is 0.180. The summed E-state index contributed by atoms with van der Waals surface area (Å²) in [6.07, 6.45) is 0. The van der Waals surface area contributed by atoms with E-state index in [4.69, 9.17) is 27.9 Å². The molecule has 6 heteroatoms. The summed E-state index contributed by atoms with van der Waals surface area (Å²) in [4.78, 5) is 11.8. The number of benzene rings is 2. The first-order valence-electron chi connectivity index (χ1n) is 6.55. The fourth-order valence-electron chi connectivity index (χ4n) is 1.80. The molecule has 2 aromatic rings. The van der Waals surface area contributed by atoms with Gasteiger partial charge < -0.3 is 10.1 Å². The summed E-state index contributed by atoms with van der Waals surface area (Å²) in [6.45, 7) is 1.79. The van der Waals surface area contributed by atoms with Crippen molar-refractivity contribution in [3.05, 3.63) is 63.4 Å². The van der Waals surface area contributed by atoms with E-state index >= 15 is 0 Å². The van der Waals surface area contributed by atoms with Crippen LogP contribution in [0.4, 0.5) is 4.39 Å². The molecule has 0 aliphatic rings. The summed E-state index contributed by atoms with van der Waals surface area (Å²) in [5.41, 5.74) is 1.35. The summed E-state index contributed by atoms with van der Waals surface area (Å²) in [7, 11) is 0. The van der Waals surface area contributed by atoms with Gasteiger partial charge in [-0.1, -0.05) is 35.3 Å². The van der Waals surface area contributed by atoms with Crippen LogP contribution >= 0.6 is 23.2 Å². The molecule has 116 valence electrons. The Morgan fingerprint density at radius 2 is 2.00 bits per heavy atom. The predicted molar refractivity (Wildman–Crippen MR) is 84.9 cm³/mol. The van der Waals surface area contributed by atoms with Crippen LogP contribution in [0.3, 0.4) is 0 Å². The maximum Gasteiger partial charge on any atom is 0.258 e. The smallest absolute Gasteiger partial charge is 0.258 e. The molecule has 0 fully saturated rings. The van der Waals surface area contributed by atoms with Crippen LogP contribution in [0.5, 0.6) is 5.75 Å². The summed E-state index contributed by atoms with van der Waals surface area (Å²) in [5, 5.41) is 3.54. The topological polar surface area (TPSA) is 38.3 Å². The molecule has 0 radical (unpaired) electrons. The van der Waals surface area contributed by atoms with Crippen LogP contribution in [0.1, 0.15) is 11.1 Å². The monoisotopic (exact) mass is 341 g/mol. The molecule has 0 aliphatic heterocycles. The van der Waals surface area contributed by atoms with Gasteiger partial charge >= 0.3 is 0 Å². The van der Waals surface area contributed by atoms with E-state index in [1.165, 1.54) is 6.07 Å². The van der Waals surface area contributed by atoms with Crippen molar-refractivity contribution in [2.24, 2.45) is 0 Å². The molecule has 22 heavy (non-hydrogen) atoms. The lowest BCUT2D eigenvalue weighted by molar-refractivity contribution is -0.123. The van der Waals surface area contributed by atoms with Gasteiger partial charge in [-0.25, -0.2) is 4.39 Å². The Kier molecular flexibility index (Phi) is 5.63. The first-order valence-corrected chi connectivity index (χ1v) is 7.31. The average Bonchev–Trinajstić information content (AvgIpc) is 2.49. The zero-order chi connectivity index (χ0) is 16.1. The van der Waals surface area contributed by atoms with Crippen molar-refractivity contribution < 1.29 is 13.9 Å². The summed E-state index contributed by atoms with van der Waals surface area (Å²) >= 11 is 11.8. The van der Waals surface area contributed by atoms with Gasteiger partial charge in [-0.15, -0.1) is 0 Å². The number of nitrogens with one attached hydrogen (secondary N) is 1. The van der Waals surface area contributed by atoms with Gasteiger partial charge in [0, 0.05) is 17.6 Å². The second-order valence-electron chi connectivity index (χ2n) is 4.72. The molecule has 0 heterocycles. The highest BCUT2D eigenvalue weighted by atomic mass is 35.5. The van der Waals surface area contributed by atoms with Crippen molar-refractivity contribution in [3.8, 4) is 5.75 Å². The summed E-state index contributed by atoms with van der Waals surface area (Å²) in [6, 6.07) is 9.45. The molecule has 0 saturated carbocycles. The zero-order valence-corrected chi connectivity index (χ0v) is 13.3. The second-order valence-corrected chi connectivity index (χ2v) is 5.57. The lowest BCUT2D eigenvalue weighted by Crippen LogP contribution is -2.28. The minimum Gasteiger partial charge on any atom is -0.482 e. The number of aryl methyl sites for hydroxylation is 1. The average molecular weight is 342 g/mol. The fraction of sp³-hybridized carbons (Fsp3) is 0.188. The van der Waals surface area contributed by atoms with Gasteiger partial charge in [0.25, 0.3) is 5.91 Å². The highest BCUT2D eigenvalue weighted by Crippen LogP contribution is 2.27. The summed E-state index contributed by atoms with van der Waals surface area (Å²) < 4.78 is 18.5. The number of halogens is 3. The quantitative estimate of drug-likeness (QED) is 0.887. The van der Waals surface area contributed by atoms with Gasteiger partial charge in [0.05, 0.1) is 5.02 Å². The van der Waals surface area contributed by atoms with Crippen molar-refractivity contribution in [1.29, 1.82) is 0 Å². The van der Waals surface area contributed by atoms with Gasteiger partial charge in [-0.2, -0.15) is 0 Å². The molecular weight excluding hydrogens is 328 g/mol. The third-order valence-electron chi connectivity index (χ3n) is 2.96. The maximum atomic E-state index is 13.1. The molecular formula is C16H14Cl2FNO2. The molecule has 2 aromatic carbocycles. The zero-order valence-electron chi connectivity index (χ0n) is 11.8. The van der Waals surface area contributed by atoms with E-state index in [9.17, 15) is 9.18 Å². The van der Waals surface area contributed by atoms with Crippen LogP contribution in [-0.4, -0.2) is 12.5 Å². The van der Waals surface area contributed by atoms with E-state index in [1.54, 1.807) is 37.3 Å². The number of carbonyl (C=O) groups excluding carboxylic acids is 1. The predicted octanol–water partition coefficient (Wildman–Crippen LogP) is 4.14. The van der Waals surface area contributed by atoms with Crippen molar-refractivity contribution in [3.63, 3.8) is 0 Å². The Balaban J connectivity index is 1.85. The first kappa shape index (κ1) is 16.6. The van der Waals surface area contributed by atoms with Crippen molar-refractivity contribution in [1.82, 2.24) is 5.32 Å². The standard InChI is InChI=1S/C16H14Cl2FNO2/c1-10-6-11(2-5-14(10)19)8-20-16(21)9-22-15-7-12(17)3-4-13(15)18/h2-7H,8-9H2,1H3,(H,20,21). The van der Waals surface area contributed by atoms with E-state index in [0.717, 1.165) is 5.56 Å². The largest absolute Gasteiger partial charge is 0.482 e. The molecule has 0 atom stereocenters. The molecule has 1 amide bonds. The normalized spacial score (nSPS) is 10.4. The van der Waals surface area contributed by atoms with Crippen LogP contribution < -0.4 is 10.1 Å². The van der Waals surface area contributed by atoms with Gasteiger partial charge in [0.1, 0.15) is 11.6 Å². The van der Waals surface area contributed by atoms with Gasteiger partial charge in [-0.3, -0.25) is 4.79 Å². The minimum atomic E-state index is -0.307. The molecule has 3 nitrogen and oxygen atoms in total. The Morgan fingerprint density at radius 3 is 2.73 bits per heavy atom. The van der Waals surface area contributed by atoms with Gasteiger partial charge in [-0.05, 0) is 36.2 Å². The van der Waals surface area contributed by atoms with E-state index in [1.807, 2.05) is 0 Å². The number of carbonyl (C=O) groups is 1. The van der Waals surface area contributed by atoms with Crippen molar-refractivity contribution in [2.75, 3.05) is 6.61 Å². The Hall–Kier alpha value is -1.78. The molecule has 0 spiro atoms. The van der Waals surface area contributed by atoms with Crippen molar-refractivity contribution >= 4 is 29.1 Å². The number of ether oxygens (including phenoxy) is 1. The third kappa shape index (κ3) is 4.61. The van der Waals surface area contributed by atoms with E-state index in [-0.39, 0.29) is 18.3 Å². The van der Waals surface area contributed by atoms with Crippen LogP contribution in [0.2, 0.25) is 10.0 Å². The number of amides is 1. The van der Waals surface area contributed by atoms with Crippen LogP contribution in [-0.2, 0) is 11.3 Å². The highest BCUT2D eigenvalue weighted by molar-refractivity contribution is 6.34. The summed E-state index contributed by atoms with van der Waals surface area (Å²) in [5.74, 6) is -0.228. The molecule has 0 unspecified atom stereocenters. The lowest BCUT2D eigenvalue weighted by Gasteiger charge is -2.09. The van der Waals surface area contributed by atoms with Crippen LogP contribution in [0.25, 0.3) is 0 Å². The Labute approximate surface area is 138 Å². The van der Waals surface area contributed by atoms with E-state index in [2.05, 4.69) is 5.32 Å². The highest BCUT2D eigenvalue weighted by Gasteiger charge is 2.07. The molecule has 0 aromatic heterocycles. The fourth-order valence-corrected chi connectivity index (χ4v) is 2.13. The first-order chi connectivity index (χ1) is 10.5. The van der Waals surface area contributed by atoms with Crippen LogP contribution in [0.15, 0.2) is 36.4 Å². The third-order valence-corrected chi connectivity index (χ3v) is 3.51. The number of rotatable bonds is 5. The van der Waals surface area contributed by atoms with Gasteiger partial charge in [0.15, 0.2) is 6.61 Å². The maximum absolute atomic E-state index is 13.1. The van der Waals surface area contributed by atoms with E-state index < -0.39 is 0 Å². The Morgan fingerprint density at radius 1 is 1.23 bits per heavy atom. The number of hydrogen-bond donors (Lipinski definition) is 1. The molecule has 0 aliphatic carbocycles. The van der Waals surface area contributed by atoms with Gasteiger partial charge in [0.2, 0.25) is 0 Å². The van der Waals surface area contributed by atoms with E-state index in [0.29, 0.717) is 27.9 Å². The Bertz CT molecular complexity index is 692. The molecule has 1 N–H and O–H groups in total. The molecule has 0 saturated heterocycles. The SMILES string of the molecule is Cc1cc(CNC(=O)COc2cc(Cl)ccc2Cl)ccc1F. The number of hydrogen-bond acceptors (Lipinski definition) is 2. The second kappa shape index (κ2) is 7.47. The van der Waals surface area contributed by atoms with Crippen molar-refractivity contribution in [2.45, 2.75) is 13.5 Å². The lowest BCUT2D eigenvalue weighted by atomic mass is 10.1. The molecule has 0 bridgehead atoms. The molecule has 2 rings (SSSR count). The van der Waals surface area contributed by atoms with Crippen LogP contribution in [0, 0.1) is 12.7 Å².